The van der Waals surface area contributed by atoms with Gasteiger partial charge in [-0.2, -0.15) is 0 Å². The van der Waals surface area contributed by atoms with Crippen LogP contribution >= 0.6 is 0 Å². The normalized spacial score (nSPS) is 14.3. The Balaban J connectivity index is 2.68. The summed E-state index contributed by atoms with van der Waals surface area (Å²) in [5.41, 5.74) is 9.17. The van der Waals surface area contributed by atoms with E-state index in [2.05, 4.69) is 10.3 Å². The number of benzene rings is 1. The van der Waals surface area contributed by atoms with Gasteiger partial charge in [0, 0.05) is 6.04 Å². The molecule has 4 heteroatoms. The molecule has 15 heavy (non-hydrogen) atoms. The van der Waals surface area contributed by atoms with Crippen molar-refractivity contribution in [3.8, 4) is 0 Å². The molecule has 0 aliphatic heterocycles. The van der Waals surface area contributed by atoms with Crippen molar-refractivity contribution in [2.75, 3.05) is 7.11 Å². The van der Waals surface area contributed by atoms with E-state index in [0.717, 1.165) is 5.56 Å². The fourth-order valence-corrected chi connectivity index (χ4v) is 1.32. The largest absolute Gasteiger partial charge is 0.323 e. The lowest BCUT2D eigenvalue weighted by Gasteiger charge is -2.18. The van der Waals surface area contributed by atoms with Gasteiger partial charge in [0.2, 0.25) is 5.91 Å². The summed E-state index contributed by atoms with van der Waals surface area (Å²) in [6, 6.07) is 9.20. The minimum atomic E-state index is -0.327. The van der Waals surface area contributed by atoms with E-state index in [-0.39, 0.29) is 17.9 Å². The third kappa shape index (κ3) is 3.04. The van der Waals surface area contributed by atoms with Crippen LogP contribution in [0.5, 0.6) is 0 Å². The van der Waals surface area contributed by atoms with Crippen molar-refractivity contribution in [1.29, 1.82) is 0 Å². The summed E-state index contributed by atoms with van der Waals surface area (Å²) in [7, 11) is 1.40. The number of rotatable bonds is 4. The van der Waals surface area contributed by atoms with Crippen molar-refractivity contribution in [3.63, 3.8) is 0 Å². The lowest BCUT2D eigenvalue weighted by molar-refractivity contribution is -0.135. The lowest BCUT2D eigenvalue weighted by Crippen LogP contribution is -2.34. The van der Waals surface area contributed by atoms with Gasteiger partial charge in [-0.3, -0.25) is 9.63 Å². The molecular formula is C11H16N2O2. The first-order valence-corrected chi connectivity index (χ1v) is 4.80. The van der Waals surface area contributed by atoms with Crippen LogP contribution in [0.3, 0.4) is 0 Å². The second-order valence-electron chi connectivity index (χ2n) is 3.40. The highest BCUT2D eigenvalue weighted by molar-refractivity contribution is 5.78. The van der Waals surface area contributed by atoms with Gasteiger partial charge in [-0.1, -0.05) is 37.3 Å². The third-order valence-electron chi connectivity index (χ3n) is 2.34. The van der Waals surface area contributed by atoms with E-state index in [1.54, 1.807) is 6.92 Å². The molecule has 0 radical (unpaired) electrons. The van der Waals surface area contributed by atoms with Gasteiger partial charge in [-0.25, -0.2) is 5.48 Å². The molecule has 0 heterocycles. The Kier molecular flexibility index (Phi) is 4.27. The van der Waals surface area contributed by atoms with Crippen LogP contribution in [0.25, 0.3) is 0 Å². The molecule has 1 aromatic rings. The number of hydrogen-bond acceptors (Lipinski definition) is 3. The molecule has 1 aromatic carbocycles. The van der Waals surface area contributed by atoms with Crippen LogP contribution in [-0.2, 0) is 9.63 Å². The van der Waals surface area contributed by atoms with Crippen molar-refractivity contribution in [2.45, 2.75) is 13.0 Å². The van der Waals surface area contributed by atoms with Gasteiger partial charge in [0.15, 0.2) is 0 Å². The van der Waals surface area contributed by atoms with Gasteiger partial charge in [-0.05, 0) is 5.56 Å². The monoisotopic (exact) mass is 208 g/mol. The first-order chi connectivity index (χ1) is 7.16. The molecule has 1 amide bonds. The molecule has 2 atom stereocenters. The average Bonchev–Trinajstić information content (AvgIpc) is 2.28. The first kappa shape index (κ1) is 11.7. The summed E-state index contributed by atoms with van der Waals surface area (Å²) in [6.07, 6.45) is 0. The topological polar surface area (TPSA) is 64.3 Å². The van der Waals surface area contributed by atoms with Crippen LogP contribution in [0.4, 0.5) is 0 Å². The SMILES string of the molecule is CONC(=O)C(C)C(N)c1ccccc1. The van der Waals surface area contributed by atoms with Crippen molar-refractivity contribution < 1.29 is 9.63 Å². The van der Waals surface area contributed by atoms with Gasteiger partial charge < -0.3 is 5.73 Å². The summed E-state index contributed by atoms with van der Waals surface area (Å²) in [6.45, 7) is 1.77. The molecule has 0 fully saturated rings. The van der Waals surface area contributed by atoms with E-state index in [4.69, 9.17) is 5.73 Å². The van der Waals surface area contributed by atoms with Crippen LogP contribution < -0.4 is 11.2 Å². The fraction of sp³-hybridized carbons (Fsp3) is 0.364. The van der Waals surface area contributed by atoms with Crippen molar-refractivity contribution in [1.82, 2.24) is 5.48 Å². The van der Waals surface area contributed by atoms with Crippen LogP contribution in [0, 0.1) is 5.92 Å². The Morgan fingerprint density at radius 1 is 1.40 bits per heavy atom. The maximum Gasteiger partial charge on any atom is 0.248 e. The van der Waals surface area contributed by atoms with Crippen LogP contribution in [-0.4, -0.2) is 13.0 Å². The van der Waals surface area contributed by atoms with Gasteiger partial charge >= 0.3 is 0 Å². The second kappa shape index (κ2) is 5.48. The highest BCUT2D eigenvalue weighted by Gasteiger charge is 2.21. The van der Waals surface area contributed by atoms with Gasteiger partial charge in [-0.15, -0.1) is 0 Å². The maximum atomic E-state index is 11.4. The molecule has 3 N–H and O–H groups in total. The maximum absolute atomic E-state index is 11.4. The third-order valence-corrected chi connectivity index (χ3v) is 2.34. The summed E-state index contributed by atoms with van der Waals surface area (Å²) in [5.74, 6) is -0.541. The summed E-state index contributed by atoms with van der Waals surface area (Å²) in [4.78, 5) is 16.0. The molecule has 0 aliphatic rings. The number of hydrogen-bond donors (Lipinski definition) is 2. The Hall–Kier alpha value is -1.39. The van der Waals surface area contributed by atoms with E-state index < -0.39 is 0 Å². The van der Waals surface area contributed by atoms with Crippen molar-refractivity contribution >= 4 is 5.91 Å². The van der Waals surface area contributed by atoms with E-state index in [1.165, 1.54) is 7.11 Å². The molecule has 82 valence electrons. The lowest BCUT2D eigenvalue weighted by atomic mass is 9.95. The highest BCUT2D eigenvalue weighted by Crippen LogP contribution is 2.18. The molecule has 0 aliphatic carbocycles. The van der Waals surface area contributed by atoms with Crippen LogP contribution in [0.2, 0.25) is 0 Å². The molecular weight excluding hydrogens is 192 g/mol. The Morgan fingerprint density at radius 3 is 2.53 bits per heavy atom. The zero-order chi connectivity index (χ0) is 11.3. The number of carbonyl (C=O) groups excluding carboxylic acids is 1. The molecule has 0 aromatic heterocycles. The molecule has 4 nitrogen and oxygen atoms in total. The van der Waals surface area contributed by atoms with Gasteiger partial charge in [0.05, 0.1) is 13.0 Å². The van der Waals surface area contributed by atoms with E-state index in [1.807, 2.05) is 30.3 Å². The van der Waals surface area contributed by atoms with Gasteiger partial charge in [0.25, 0.3) is 0 Å². The second-order valence-corrected chi connectivity index (χ2v) is 3.40. The molecule has 1 rings (SSSR count). The van der Waals surface area contributed by atoms with Crippen LogP contribution in [0.1, 0.15) is 18.5 Å². The average molecular weight is 208 g/mol. The summed E-state index contributed by atoms with van der Waals surface area (Å²) < 4.78 is 0. The summed E-state index contributed by atoms with van der Waals surface area (Å²) in [5, 5.41) is 0. The molecule has 2 unspecified atom stereocenters. The van der Waals surface area contributed by atoms with Crippen molar-refractivity contribution in [2.24, 2.45) is 11.7 Å². The predicted octanol–water partition coefficient (Wildman–Crippen LogP) is 1.00. The van der Waals surface area contributed by atoms with E-state index in [0.29, 0.717) is 0 Å². The Labute approximate surface area is 89.4 Å². The number of nitrogens with one attached hydrogen (secondary N) is 1. The minimum Gasteiger partial charge on any atom is -0.323 e. The molecule has 0 saturated carbocycles. The summed E-state index contributed by atoms with van der Waals surface area (Å²) >= 11 is 0. The first-order valence-electron chi connectivity index (χ1n) is 4.80. The zero-order valence-electron chi connectivity index (χ0n) is 8.94. The standard InChI is InChI=1S/C11H16N2O2/c1-8(11(14)13-15-2)10(12)9-6-4-3-5-7-9/h3-8,10H,12H2,1-2H3,(H,13,14). The zero-order valence-corrected chi connectivity index (χ0v) is 8.94. The number of hydroxylamine groups is 1. The molecule has 0 bridgehead atoms. The smallest absolute Gasteiger partial charge is 0.248 e. The van der Waals surface area contributed by atoms with E-state index >= 15 is 0 Å². The van der Waals surface area contributed by atoms with E-state index in [9.17, 15) is 4.79 Å². The van der Waals surface area contributed by atoms with Crippen LogP contribution in [0.15, 0.2) is 30.3 Å². The number of amides is 1. The Bertz CT molecular complexity index is 314. The quantitative estimate of drug-likeness (QED) is 0.725. The molecule has 0 saturated heterocycles. The van der Waals surface area contributed by atoms with Gasteiger partial charge in [0.1, 0.15) is 0 Å². The minimum absolute atomic E-state index is 0.214. The van der Waals surface area contributed by atoms with Crippen molar-refractivity contribution in [3.05, 3.63) is 35.9 Å². The Morgan fingerprint density at radius 2 is 2.00 bits per heavy atom. The number of nitrogens with two attached hydrogens (primary N) is 1. The molecule has 0 spiro atoms. The predicted molar refractivity (Wildman–Crippen MR) is 57.7 cm³/mol. The fourth-order valence-electron chi connectivity index (χ4n) is 1.32. The highest BCUT2D eigenvalue weighted by atomic mass is 16.6. The number of carbonyl (C=O) groups is 1.